The van der Waals surface area contributed by atoms with E-state index in [2.05, 4.69) is 36.6 Å². The molecule has 0 spiro atoms. The number of carbonyl (C=O) groups is 3. The molecule has 1 saturated carbocycles. The number of benzene rings is 3. The number of hydrogen-bond acceptors (Lipinski definition) is 10. The molecule has 14 nitrogen and oxygen atoms in total. The summed E-state index contributed by atoms with van der Waals surface area (Å²) in [6, 6.07) is 19.6. The maximum absolute atomic E-state index is 13.8. The van der Waals surface area contributed by atoms with Crippen LogP contribution >= 0.6 is 0 Å². The van der Waals surface area contributed by atoms with Gasteiger partial charge in [0.2, 0.25) is 17.6 Å². The lowest BCUT2D eigenvalue weighted by molar-refractivity contribution is -0.130. The fraction of sp³-hybridized carbons (Fsp3) is 0.421. The predicted molar refractivity (Wildman–Crippen MR) is 196 cm³/mol. The summed E-state index contributed by atoms with van der Waals surface area (Å²) in [4.78, 5) is 40.3. The number of aliphatic hydroxyl groups is 1. The molecular formula is C38H48N8O6. The van der Waals surface area contributed by atoms with Gasteiger partial charge in [0, 0.05) is 35.7 Å². The van der Waals surface area contributed by atoms with Crippen LogP contribution in [0.3, 0.4) is 0 Å². The van der Waals surface area contributed by atoms with Crippen molar-refractivity contribution in [2.75, 3.05) is 51.4 Å². The molecule has 1 aliphatic rings. The van der Waals surface area contributed by atoms with Crippen LogP contribution in [-0.2, 0) is 25.5 Å². The van der Waals surface area contributed by atoms with Crippen LogP contribution in [0.5, 0.6) is 0 Å². The molecule has 14 heteroatoms. The second kappa shape index (κ2) is 19.6. The van der Waals surface area contributed by atoms with Crippen LogP contribution in [0.15, 0.2) is 66.7 Å². The number of nitrogens with one attached hydrogen (secondary N) is 4. The SMILES string of the molecule is Cc1ccc(C(=O)NCCOCCOCCO)cc1-c1cccc(C[C@H](NC(=O)C2CCC(CN)CC2)C(=O)Nc2ccc(-c3nn[nH]n3)cc2)c1. The number of aromatic amines is 1. The molecule has 1 heterocycles. The first-order valence-electron chi connectivity index (χ1n) is 17.7. The number of amides is 3. The molecule has 0 radical (unpaired) electrons. The van der Waals surface area contributed by atoms with Crippen LogP contribution in [0.2, 0.25) is 0 Å². The second-order valence-electron chi connectivity index (χ2n) is 13.0. The zero-order valence-corrected chi connectivity index (χ0v) is 29.5. The summed E-state index contributed by atoms with van der Waals surface area (Å²) in [5.74, 6) is 0.0104. The minimum Gasteiger partial charge on any atom is -0.394 e. The summed E-state index contributed by atoms with van der Waals surface area (Å²) < 4.78 is 10.6. The molecular weight excluding hydrogens is 664 g/mol. The van der Waals surface area contributed by atoms with Gasteiger partial charge < -0.3 is 36.3 Å². The molecule has 1 aliphatic carbocycles. The number of tetrazole rings is 1. The van der Waals surface area contributed by atoms with Crippen molar-refractivity contribution < 1.29 is 29.0 Å². The maximum Gasteiger partial charge on any atom is 0.251 e. The number of carbonyl (C=O) groups excluding carboxylic acids is 3. The number of aromatic nitrogens is 4. The molecule has 1 fully saturated rings. The molecule has 0 bridgehead atoms. The number of aryl methyl sites for hydroxylation is 1. The average Bonchev–Trinajstić information content (AvgIpc) is 3.71. The van der Waals surface area contributed by atoms with E-state index >= 15 is 0 Å². The number of H-pyrrole nitrogens is 1. The van der Waals surface area contributed by atoms with Crippen molar-refractivity contribution in [3.8, 4) is 22.5 Å². The number of nitrogens with two attached hydrogens (primary N) is 1. The van der Waals surface area contributed by atoms with Crippen molar-refractivity contribution in [1.29, 1.82) is 0 Å². The Kier molecular flexibility index (Phi) is 14.4. The summed E-state index contributed by atoms with van der Waals surface area (Å²) in [7, 11) is 0. The predicted octanol–water partition coefficient (Wildman–Crippen LogP) is 3.03. The first kappa shape index (κ1) is 38.2. The van der Waals surface area contributed by atoms with E-state index < -0.39 is 6.04 Å². The lowest BCUT2D eigenvalue weighted by Gasteiger charge is -2.28. The standard InChI is InChI=1S/C38H48N8O6/c1-25-5-8-31(36(48)40-15-17-51-19-20-52-18-16-47)23-33(25)30-4-2-3-27(21-30)22-34(42-37(49)29-9-6-26(24-39)7-10-29)38(50)41-32-13-11-28(12-14-32)35-43-45-46-44-35/h2-5,8,11-14,21,23,26,29,34,47H,6-7,9-10,15-20,22,24,39H2,1H3,(H,40,48)(H,41,50)(H,42,49)(H,43,44,45,46)/t26?,29?,34-/m0/s1. The normalized spacial score (nSPS) is 16.2. The van der Waals surface area contributed by atoms with E-state index in [4.69, 9.17) is 20.3 Å². The highest BCUT2D eigenvalue weighted by atomic mass is 16.5. The third-order valence-electron chi connectivity index (χ3n) is 9.26. The number of anilines is 1. The molecule has 7 N–H and O–H groups in total. The van der Waals surface area contributed by atoms with Gasteiger partial charge >= 0.3 is 0 Å². The first-order chi connectivity index (χ1) is 25.3. The molecule has 0 saturated heterocycles. The molecule has 4 aromatic rings. The Morgan fingerprint density at radius 1 is 0.942 bits per heavy atom. The van der Waals surface area contributed by atoms with E-state index in [1.54, 1.807) is 30.3 Å². The van der Waals surface area contributed by atoms with Crippen molar-refractivity contribution in [1.82, 2.24) is 31.3 Å². The quantitative estimate of drug-likeness (QED) is 0.0832. The molecule has 276 valence electrons. The zero-order valence-electron chi connectivity index (χ0n) is 29.5. The van der Waals surface area contributed by atoms with Gasteiger partial charge in [-0.25, -0.2) is 0 Å². The van der Waals surface area contributed by atoms with Crippen molar-refractivity contribution in [2.45, 2.75) is 45.1 Å². The van der Waals surface area contributed by atoms with Crippen LogP contribution in [0.25, 0.3) is 22.5 Å². The Hall–Kier alpha value is -5.02. The fourth-order valence-corrected chi connectivity index (χ4v) is 6.28. The molecule has 52 heavy (non-hydrogen) atoms. The van der Waals surface area contributed by atoms with Gasteiger partial charge in [0.25, 0.3) is 5.91 Å². The zero-order chi connectivity index (χ0) is 36.7. The largest absolute Gasteiger partial charge is 0.394 e. The number of aliphatic hydroxyl groups excluding tert-OH is 1. The number of nitrogens with zero attached hydrogens (tertiary/aromatic N) is 3. The van der Waals surface area contributed by atoms with E-state index in [0.717, 1.165) is 53.5 Å². The van der Waals surface area contributed by atoms with Crippen molar-refractivity contribution in [2.24, 2.45) is 17.6 Å². The Balaban J connectivity index is 1.27. The Morgan fingerprint density at radius 3 is 2.42 bits per heavy atom. The van der Waals surface area contributed by atoms with Crippen LogP contribution in [0.4, 0.5) is 5.69 Å². The maximum atomic E-state index is 13.8. The van der Waals surface area contributed by atoms with Crippen molar-refractivity contribution in [3.63, 3.8) is 0 Å². The summed E-state index contributed by atoms with van der Waals surface area (Å²) in [6.07, 6.45) is 3.53. The number of ether oxygens (including phenoxy) is 2. The molecule has 1 atom stereocenters. The van der Waals surface area contributed by atoms with E-state index in [-0.39, 0.29) is 43.3 Å². The topological polar surface area (TPSA) is 206 Å². The third-order valence-corrected chi connectivity index (χ3v) is 9.26. The molecule has 0 unspecified atom stereocenters. The van der Waals surface area contributed by atoms with Gasteiger partial charge in [0.05, 0.1) is 33.0 Å². The van der Waals surface area contributed by atoms with Crippen LogP contribution in [0, 0.1) is 18.8 Å². The van der Waals surface area contributed by atoms with Gasteiger partial charge in [-0.15, -0.1) is 10.2 Å². The molecule has 5 rings (SSSR count). The smallest absolute Gasteiger partial charge is 0.251 e. The molecule has 0 aliphatic heterocycles. The highest BCUT2D eigenvalue weighted by Crippen LogP contribution is 2.29. The Morgan fingerprint density at radius 2 is 1.71 bits per heavy atom. The summed E-state index contributed by atoms with van der Waals surface area (Å²) in [5.41, 5.74) is 11.3. The van der Waals surface area contributed by atoms with Gasteiger partial charge in [-0.1, -0.05) is 30.3 Å². The molecule has 1 aromatic heterocycles. The highest BCUT2D eigenvalue weighted by Gasteiger charge is 2.29. The Labute approximate surface area is 303 Å². The Bertz CT molecular complexity index is 1740. The van der Waals surface area contributed by atoms with E-state index in [9.17, 15) is 14.4 Å². The van der Waals surface area contributed by atoms with Gasteiger partial charge in [0.1, 0.15) is 6.04 Å². The summed E-state index contributed by atoms with van der Waals surface area (Å²) in [5, 5.41) is 31.7. The average molecular weight is 713 g/mol. The van der Waals surface area contributed by atoms with E-state index in [1.165, 1.54) is 0 Å². The van der Waals surface area contributed by atoms with E-state index in [1.807, 2.05) is 43.3 Å². The number of rotatable bonds is 18. The van der Waals surface area contributed by atoms with Crippen molar-refractivity contribution in [3.05, 3.63) is 83.4 Å². The fourth-order valence-electron chi connectivity index (χ4n) is 6.28. The summed E-state index contributed by atoms with van der Waals surface area (Å²) >= 11 is 0. The van der Waals surface area contributed by atoms with E-state index in [0.29, 0.717) is 55.9 Å². The lowest BCUT2D eigenvalue weighted by Crippen LogP contribution is -2.48. The molecule has 3 aromatic carbocycles. The summed E-state index contributed by atoms with van der Waals surface area (Å²) in [6.45, 7) is 4.25. The van der Waals surface area contributed by atoms with Gasteiger partial charge in [-0.2, -0.15) is 5.21 Å². The lowest BCUT2D eigenvalue weighted by atomic mass is 9.81. The third kappa shape index (κ3) is 11.0. The van der Waals surface area contributed by atoms with Gasteiger partial charge in [-0.05, 0) is 109 Å². The van der Waals surface area contributed by atoms with Crippen LogP contribution in [0.1, 0.15) is 47.2 Å². The minimum atomic E-state index is -0.839. The highest BCUT2D eigenvalue weighted by molar-refractivity contribution is 5.98. The van der Waals surface area contributed by atoms with Crippen molar-refractivity contribution >= 4 is 23.4 Å². The van der Waals surface area contributed by atoms with Gasteiger partial charge in [0.15, 0.2) is 0 Å². The molecule has 3 amide bonds. The monoisotopic (exact) mass is 712 g/mol. The minimum absolute atomic E-state index is 0.0349. The van der Waals surface area contributed by atoms with Gasteiger partial charge in [-0.3, -0.25) is 14.4 Å². The van der Waals surface area contributed by atoms with Crippen LogP contribution < -0.4 is 21.7 Å². The second-order valence-corrected chi connectivity index (χ2v) is 13.0. The number of hydrogen-bond donors (Lipinski definition) is 6. The van der Waals surface area contributed by atoms with Crippen LogP contribution in [-0.4, -0.2) is 95.6 Å². The first-order valence-corrected chi connectivity index (χ1v) is 17.7.